The lowest BCUT2D eigenvalue weighted by molar-refractivity contribution is -0.522. The second-order valence-electron chi connectivity index (χ2n) is 4.77. The Balaban J connectivity index is 2.26. The Kier molecular flexibility index (Phi) is 4.20. The number of methoxy groups -OCH3 is 2. The molecule has 4 heteroatoms. The maximum atomic E-state index is 11.0. The van der Waals surface area contributed by atoms with Crippen molar-refractivity contribution in [1.82, 2.24) is 0 Å². The number of fused-ring (bicyclic) bond motifs is 1. The van der Waals surface area contributed by atoms with E-state index >= 15 is 0 Å². The topological polar surface area (TPSA) is 38.5 Å². The molecule has 1 aromatic carbocycles. The van der Waals surface area contributed by atoms with Gasteiger partial charge in [-0.05, 0) is 24.6 Å². The summed E-state index contributed by atoms with van der Waals surface area (Å²) in [6, 6.07) is 4.03. The summed E-state index contributed by atoms with van der Waals surface area (Å²) < 4.78 is 12.8. The number of ether oxygens (including phenoxy) is 2. The molecule has 0 fully saturated rings. The number of Topliss-reactive ketones (excluding diaryl/α,β-unsaturated/α-hetero) is 1. The molecule has 19 heavy (non-hydrogen) atoms. The minimum atomic E-state index is 0.228. The Hall–Kier alpha value is -1.84. The first kappa shape index (κ1) is 13.6. The molecule has 2 rings (SSSR count). The van der Waals surface area contributed by atoms with E-state index in [0.717, 1.165) is 36.6 Å². The first-order valence-corrected chi connectivity index (χ1v) is 6.47. The Morgan fingerprint density at radius 3 is 2.58 bits per heavy atom. The highest BCUT2D eigenvalue weighted by Crippen LogP contribution is 2.31. The van der Waals surface area contributed by atoms with Gasteiger partial charge in [0.05, 0.1) is 20.6 Å². The molecule has 0 atom stereocenters. The number of carbonyl (C=O) groups is 1. The highest BCUT2D eigenvalue weighted by Gasteiger charge is 2.19. The van der Waals surface area contributed by atoms with Crippen LogP contribution in [-0.4, -0.2) is 43.9 Å². The summed E-state index contributed by atoms with van der Waals surface area (Å²) in [6.07, 6.45) is 3.66. The quantitative estimate of drug-likeness (QED) is 0.758. The van der Waals surface area contributed by atoms with Gasteiger partial charge in [-0.2, -0.15) is 0 Å². The number of nitrogens with zero attached hydrogens (tertiary/aromatic N) is 1. The molecule has 1 aliphatic heterocycles. The van der Waals surface area contributed by atoms with Gasteiger partial charge in [-0.25, -0.2) is 4.58 Å². The molecule has 102 valence electrons. The van der Waals surface area contributed by atoms with Crippen molar-refractivity contribution in [2.75, 3.05) is 27.3 Å². The summed E-state index contributed by atoms with van der Waals surface area (Å²) in [5.74, 6) is 1.74. The molecule has 0 amide bonds. The van der Waals surface area contributed by atoms with Gasteiger partial charge in [-0.1, -0.05) is 0 Å². The van der Waals surface area contributed by atoms with Crippen LogP contribution in [0.25, 0.3) is 0 Å². The molecule has 0 radical (unpaired) electrons. The van der Waals surface area contributed by atoms with Crippen molar-refractivity contribution in [3.63, 3.8) is 0 Å². The minimum Gasteiger partial charge on any atom is -0.493 e. The van der Waals surface area contributed by atoms with Crippen LogP contribution in [0, 0.1) is 0 Å². The van der Waals surface area contributed by atoms with Crippen molar-refractivity contribution in [2.24, 2.45) is 0 Å². The highest BCUT2D eigenvalue weighted by atomic mass is 16.5. The fraction of sp³-hybridized carbons (Fsp3) is 0.467. The summed E-state index contributed by atoms with van der Waals surface area (Å²) in [6.45, 7) is 3.35. The van der Waals surface area contributed by atoms with E-state index in [0.29, 0.717) is 6.42 Å². The van der Waals surface area contributed by atoms with Crippen molar-refractivity contribution in [2.45, 2.75) is 19.8 Å². The fourth-order valence-corrected chi connectivity index (χ4v) is 2.28. The lowest BCUT2D eigenvalue weighted by Gasteiger charge is -2.15. The van der Waals surface area contributed by atoms with E-state index < -0.39 is 0 Å². The van der Waals surface area contributed by atoms with Gasteiger partial charge in [0.2, 0.25) is 0 Å². The molecular weight excluding hydrogens is 242 g/mol. The Labute approximate surface area is 113 Å². The van der Waals surface area contributed by atoms with Gasteiger partial charge in [-0.15, -0.1) is 0 Å². The van der Waals surface area contributed by atoms with Crippen LogP contribution in [0.4, 0.5) is 0 Å². The standard InChI is InChI=1S/C15H20NO3/c1-11(17)4-6-16-7-5-12-8-14(18-2)15(19-3)9-13(12)10-16/h8-10H,4-7H2,1-3H3/q+1. The lowest BCUT2D eigenvalue weighted by Crippen LogP contribution is -2.24. The normalized spacial score (nSPS) is 13.5. The molecule has 0 aliphatic carbocycles. The average molecular weight is 262 g/mol. The first-order valence-electron chi connectivity index (χ1n) is 6.47. The zero-order valence-corrected chi connectivity index (χ0v) is 11.7. The second-order valence-corrected chi connectivity index (χ2v) is 4.77. The van der Waals surface area contributed by atoms with E-state index in [9.17, 15) is 4.79 Å². The van der Waals surface area contributed by atoms with Crippen molar-refractivity contribution in [3.8, 4) is 11.5 Å². The van der Waals surface area contributed by atoms with Gasteiger partial charge >= 0.3 is 0 Å². The monoisotopic (exact) mass is 262 g/mol. The molecule has 4 nitrogen and oxygen atoms in total. The molecule has 0 spiro atoms. The predicted octanol–water partition coefficient (Wildman–Crippen LogP) is 1.67. The Morgan fingerprint density at radius 1 is 1.26 bits per heavy atom. The molecule has 0 unspecified atom stereocenters. The predicted molar refractivity (Wildman–Crippen MR) is 73.7 cm³/mol. The zero-order valence-electron chi connectivity index (χ0n) is 11.7. The number of hydrogen-bond donors (Lipinski definition) is 0. The third kappa shape index (κ3) is 3.13. The number of hydrogen-bond acceptors (Lipinski definition) is 3. The van der Waals surface area contributed by atoms with E-state index in [2.05, 4.69) is 10.8 Å². The molecule has 1 aromatic rings. The van der Waals surface area contributed by atoms with Gasteiger partial charge in [0.1, 0.15) is 18.9 Å². The van der Waals surface area contributed by atoms with Crippen LogP contribution in [0.1, 0.15) is 24.5 Å². The summed E-state index contributed by atoms with van der Waals surface area (Å²) in [5, 5.41) is 0. The molecular formula is C15H20NO3+. The SMILES string of the molecule is COc1cc2c(cc1OC)CC[N+](CCC(C)=O)=C2. The molecule has 0 saturated carbocycles. The van der Waals surface area contributed by atoms with E-state index in [4.69, 9.17) is 9.47 Å². The number of carbonyl (C=O) groups excluding carboxylic acids is 1. The highest BCUT2D eigenvalue weighted by molar-refractivity contribution is 5.81. The number of rotatable bonds is 5. The molecule has 0 saturated heterocycles. The van der Waals surface area contributed by atoms with E-state index in [1.807, 2.05) is 12.1 Å². The summed E-state index contributed by atoms with van der Waals surface area (Å²) in [5.41, 5.74) is 2.41. The lowest BCUT2D eigenvalue weighted by atomic mass is 10.0. The second kappa shape index (κ2) is 5.87. The zero-order chi connectivity index (χ0) is 13.8. The third-order valence-electron chi connectivity index (χ3n) is 3.39. The maximum absolute atomic E-state index is 11.0. The van der Waals surface area contributed by atoms with Gasteiger partial charge in [-0.3, -0.25) is 4.79 Å². The van der Waals surface area contributed by atoms with Crippen molar-refractivity contribution in [3.05, 3.63) is 23.3 Å². The van der Waals surface area contributed by atoms with Gasteiger partial charge in [0.15, 0.2) is 17.7 Å². The minimum absolute atomic E-state index is 0.228. The molecule has 1 heterocycles. The fourth-order valence-electron chi connectivity index (χ4n) is 2.28. The van der Waals surface area contributed by atoms with Crippen LogP contribution < -0.4 is 9.47 Å². The molecule has 0 N–H and O–H groups in total. The summed E-state index contributed by atoms with van der Waals surface area (Å²) in [7, 11) is 3.29. The molecule has 0 bridgehead atoms. The maximum Gasteiger partial charge on any atom is 0.171 e. The van der Waals surface area contributed by atoms with Crippen LogP contribution in [0.2, 0.25) is 0 Å². The van der Waals surface area contributed by atoms with E-state index in [1.165, 1.54) is 5.56 Å². The van der Waals surface area contributed by atoms with Crippen LogP contribution in [0.3, 0.4) is 0 Å². The third-order valence-corrected chi connectivity index (χ3v) is 3.39. The Bertz CT molecular complexity index is 520. The molecule has 1 aliphatic rings. The Morgan fingerprint density at radius 2 is 1.95 bits per heavy atom. The van der Waals surface area contributed by atoms with Crippen LogP contribution in [0.5, 0.6) is 11.5 Å². The average Bonchev–Trinajstić information content (AvgIpc) is 2.43. The largest absolute Gasteiger partial charge is 0.493 e. The molecule has 0 aromatic heterocycles. The van der Waals surface area contributed by atoms with Gasteiger partial charge in [0.25, 0.3) is 0 Å². The van der Waals surface area contributed by atoms with Gasteiger partial charge < -0.3 is 9.47 Å². The van der Waals surface area contributed by atoms with Crippen molar-refractivity contribution >= 4 is 12.0 Å². The summed E-state index contributed by atoms with van der Waals surface area (Å²) >= 11 is 0. The number of ketones is 1. The van der Waals surface area contributed by atoms with Crippen molar-refractivity contribution < 1.29 is 18.8 Å². The smallest absolute Gasteiger partial charge is 0.171 e. The van der Waals surface area contributed by atoms with Crippen LogP contribution in [0.15, 0.2) is 12.1 Å². The van der Waals surface area contributed by atoms with E-state index in [-0.39, 0.29) is 5.78 Å². The van der Waals surface area contributed by atoms with Crippen LogP contribution in [-0.2, 0) is 11.2 Å². The first-order chi connectivity index (χ1) is 9.13. The number of benzene rings is 1. The van der Waals surface area contributed by atoms with E-state index in [1.54, 1.807) is 21.1 Å². The van der Waals surface area contributed by atoms with Crippen molar-refractivity contribution in [1.29, 1.82) is 0 Å². The van der Waals surface area contributed by atoms with Gasteiger partial charge in [0, 0.05) is 12.0 Å². The van der Waals surface area contributed by atoms with Crippen LogP contribution >= 0.6 is 0 Å². The summed E-state index contributed by atoms with van der Waals surface area (Å²) in [4.78, 5) is 11.0.